The molecule has 0 spiro atoms. The lowest BCUT2D eigenvalue weighted by molar-refractivity contribution is 0.912. The van der Waals surface area contributed by atoms with E-state index in [1.54, 1.807) is 18.5 Å². The molecule has 0 fully saturated rings. The van der Waals surface area contributed by atoms with E-state index in [4.69, 9.17) is 5.26 Å². The number of fused-ring (bicyclic) bond motifs is 1. The summed E-state index contributed by atoms with van der Waals surface area (Å²) >= 11 is 0. The van der Waals surface area contributed by atoms with Gasteiger partial charge in [-0.3, -0.25) is 0 Å². The first-order valence-electron chi connectivity index (χ1n) is 5.54. The molecule has 0 saturated carbocycles. The Bertz CT molecular complexity index is 772. The highest BCUT2D eigenvalue weighted by atomic mass is 15.1. The van der Waals surface area contributed by atoms with Gasteiger partial charge in [0, 0.05) is 20.3 Å². The summed E-state index contributed by atoms with van der Waals surface area (Å²) in [6.45, 7) is 0. The van der Waals surface area contributed by atoms with Gasteiger partial charge in [-0.1, -0.05) is 0 Å². The first kappa shape index (κ1) is 10.5. The molecule has 0 aliphatic rings. The number of benzene rings is 1. The maximum atomic E-state index is 8.89. The Kier molecular flexibility index (Phi) is 2.17. The number of aromatic nitrogens is 4. The first-order valence-corrected chi connectivity index (χ1v) is 5.54. The fraction of sp³-hybridized carbons (Fsp3) is 0.154. The summed E-state index contributed by atoms with van der Waals surface area (Å²) < 4.78 is 3.87. The molecule has 0 aliphatic heterocycles. The molecule has 2 aromatic heterocycles. The van der Waals surface area contributed by atoms with Crippen molar-refractivity contribution in [3.63, 3.8) is 0 Å². The molecule has 18 heavy (non-hydrogen) atoms. The highest BCUT2D eigenvalue weighted by molar-refractivity contribution is 5.81. The number of hydrogen-bond acceptors (Lipinski definition) is 3. The average molecular weight is 237 g/mol. The fourth-order valence-electron chi connectivity index (χ4n) is 2.03. The van der Waals surface area contributed by atoms with E-state index in [9.17, 15) is 0 Å². The second kappa shape index (κ2) is 3.70. The largest absolute Gasteiger partial charge is 0.340 e. The third-order valence-corrected chi connectivity index (χ3v) is 2.94. The van der Waals surface area contributed by atoms with Crippen molar-refractivity contribution in [2.45, 2.75) is 0 Å². The Morgan fingerprint density at radius 3 is 2.78 bits per heavy atom. The lowest BCUT2D eigenvalue weighted by atomic mass is 10.2. The maximum absolute atomic E-state index is 8.89. The number of hydrogen-bond donors (Lipinski definition) is 0. The van der Waals surface area contributed by atoms with Crippen LogP contribution < -0.4 is 0 Å². The Hall–Kier alpha value is -2.61. The van der Waals surface area contributed by atoms with Gasteiger partial charge in [0.25, 0.3) is 0 Å². The van der Waals surface area contributed by atoms with E-state index in [-0.39, 0.29) is 0 Å². The molecule has 3 rings (SSSR count). The molecule has 88 valence electrons. The second-order valence-electron chi connectivity index (χ2n) is 4.23. The Morgan fingerprint density at radius 1 is 1.28 bits per heavy atom. The zero-order valence-electron chi connectivity index (χ0n) is 10.1. The highest BCUT2D eigenvalue weighted by Crippen LogP contribution is 2.22. The fourth-order valence-corrected chi connectivity index (χ4v) is 2.03. The minimum atomic E-state index is 0.619. The van der Waals surface area contributed by atoms with Crippen LogP contribution in [-0.2, 0) is 14.1 Å². The standard InChI is InChI=1S/C13H11N5/c1-17-7-11(15-8-17)13-16-10-5-9(6-14)3-4-12(10)18(13)2/h3-5,7-8H,1-2H3. The van der Waals surface area contributed by atoms with E-state index in [0.717, 1.165) is 22.6 Å². The number of rotatable bonds is 1. The van der Waals surface area contributed by atoms with Gasteiger partial charge in [0.2, 0.25) is 0 Å². The van der Waals surface area contributed by atoms with Crippen molar-refractivity contribution < 1.29 is 0 Å². The van der Waals surface area contributed by atoms with Crippen molar-refractivity contribution in [1.82, 2.24) is 19.1 Å². The molecule has 5 nitrogen and oxygen atoms in total. The van der Waals surface area contributed by atoms with Crippen LogP contribution in [0.1, 0.15) is 5.56 Å². The Labute approximate surface area is 104 Å². The van der Waals surface area contributed by atoms with Crippen LogP contribution >= 0.6 is 0 Å². The van der Waals surface area contributed by atoms with E-state index < -0.39 is 0 Å². The third kappa shape index (κ3) is 1.47. The molecule has 0 amide bonds. The number of imidazole rings is 2. The summed E-state index contributed by atoms with van der Waals surface area (Å²) in [4.78, 5) is 8.84. The number of nitriles is 1. The van der Waals surface area contributed by atoms with E-state index in [2.05, 4.69) is 16.0 Å². The predicted octanol–water partition coefficient (Wildman–Crippen LogP) is 1.85. The lowest BCUT2D eigenvalue weighted by Crippen LogP contribution is -1.92. The molecule has 0 aliphatic carbocycles. The van der Waals surface area contributed by atoms with E-state index in [1.165, 1.54) is 0 Å². The van der Waals surface area contributed by atoms with Crippen LogP contribution in [0.15, 0.2) is 30.7 Å². The summed E-state index contributed by atoms with van der Waals surface area (Å²) in [6, 6.07) is 7.62. The van der Waals surface area contributed by atoms with Gasteiger partial charge in [-0.2, -0.15) is 5.26 Å². The molecule has 0 unspecified atom stereocenters. The molecule has 5 heteroatoms. The van der Waals surface area contributed by atoms with Crippen LogP contribution in [0.2, 0.25) is 0 Å². The smallest absolute Gasteiger partial charge is 0.161 e. The van der Waals surface area contributed by atoms with Crippen molar-refractivity contribution in [3.05, 3.63) is 36.3 Å². The van der Waals surface area contributed by atoms with Gasteiger partial charge < -0.3 is 9.13 Å². The summed E-state index contributed by atoms with van der Waals surface area (Å²) in [5.41, 5.74) is 3.26. The van der Waals surface area contributed by atoms with Crippen LogP contribution in [0, 0.1) is 11.3 Å². The van der Waals surface area contributed by atoms with E-state index in [1.807, 2.05) is 35.5 Å². The Morgan fingerprint density at radius 2 is 2.11 bits per heavy atom. The predicted molar refractivity (Wildman–Crippen MR) is 67.6 cm³/mol. The van der Waals surface area contributed by atoms with Crippen LogP contribution in [-0.4, -0.2) is 19.1 Å². The zero-order chi connectivity index (χ0) is 12.7. The van der Waals surface area contributed by atoms with Crippen molar-refractivity contribution in [1.29, 1.82) is 5.26 Å². The van der Waals surface area contributed by atoms with Crippen molar-refractivity contribution in [3.8, 4) is 17.6 Å². The molecule has 0 radical (unpaired) electrons. The van der Waals surface area contributed by atoms with Crippen molar-refractivity contribution in [2.24, 2.45) is 14.1 Å². The summed E-state index contributed by atoms with van der Waals surface area (Å²) in [5.74, 6) is 0.806. The molecule has 0 N–H and O–H groups in total. The minimum Gasteiger partial charge on any atom is -0.340 e. The molecular weight excluding hydrogens is 226 g/mol. The minimum absolute atomic E-state index is 0.619. The van der Waals surface area contributed by atoms with Crippen LogP contribution in [0.5, 0.6) is 0 Å². The van der Waals surface area contributed by atoms with Gasteiger partial charge in [0.05, 0.1) is 29.0 Å². The van der Waals surface area contributed by atoms with E-state index in [0.29, 0.717) is 5.56 Å². The SMILES string of the molecule is Cn1cnc(-c2nc3cc(C#N)ccc3n2C)c1. The normalized spacial score (nSPS) is 10.7. The third-order valence-electron chi connectivity index (χ3n) is 2.94. The Balaban J connectivity index is 2.26. The van der Waals surface area contributed by atoms with Gasteiger partial charge in [0.15, 0.2) is 5.82 Å². The van der Waals surface area contributed by atoms with Gasteiger partial charge >= 0.3 is 0 Å². The molecular formula is C13H11N5. The molecule has 3 aromatic rings. The average Bonchev–Trinajstić information content (AvgIpc) is 2.93. The molecule has 0 atom stereocenters. The van der Waals surface area contributed by atoms with Crippen LogP contribution in [0.25, 0.3) is 22.6 Å². The van der Waals surface area contributed by atoms with Gasteiger partial charge in [-0.15, -0.1) is 0 Å². The monoisotopic (exact) mass is 237 g/mol. The van der Waals surface area contributed by atoms with Crippen molar-refractivity contribution >= 4 is 11.0 Å². The van der Waals surface area contributed by atoms with Crippen LogP contribution in [0.4, 0.5) is 0 Å². The number of aryl methyl sites for hydroxylation is 2. The molecule has 0 saturated heterocycles. The zero-order valence-corrected chi connectivity index (χ0v) is 10.1. The summed E-state index contributed by atoms with van der Waals surface area (Å²) in [7, 11) is 3.87. The quantitative estimate of drug-likeness (QED) is 0.649. The van der Waals surface area contributed by atoms with E-state index >= 15 is 0 Å². The van der Waals surface area contributed by atoms with Gasteiger partial charge in [-0.05, 0) is 18.2 Å². The highest BCUT2D eigenvalue weighted by Gasteiger charge is 2.12. The summed E-state index contributed by atoms with van der Waals surface area (Å²) in [5, 5.41) is 8.89. The van der Waals surface area contributed by atoms with Crippen molar-refractivity contribution in [2.75, 3.05) is 0 Å². The molecule has 1 aromatic carbocycles. The van der Waals surface area contributed by atoms with Gasteiger partial charge in [0.1, 0.15) is 5.69 Å². The lowest BCUT2D eigenvalue weighted by Gasteiger charge is -1.98. The first-order chi connectivity index (χ1) is 8.69. The molecule has 2 heterocycles. The number of nitrogens with zero attached hydrogens (tertiary/aromatic N) is 5. The van der Waals surface area contributed by atoms with Crippen LogP contribution in [0.3, 0.4) is 0 Å². The second-order valence-corrected chi connectivity index (χ2v) is 4.23. The van der Waals surface area contributed by atoms with Gasteiger partial charge in [-0.25, -0.2) is 9.97 Å². The maximum Gasteiger partial charge on any atom is 0.161 e. The molecule has 0 bridgehead atoms. The topological polar surface area (TPSA) is 59.4 Å². The summed E-state index contributed by atoms with van der Waals surface area (Å²) in [6.07, 6.45) is 3.67.